The van der Waals surface area contributed by atoms with Crippen molar-refractivity contribution in [3.63, 3.8) is 0 Å². The molecule has 0 aliphatic heterocycles. The normalized spacial score (nSPS) is 10.8. The number of hydrogen-bond donors (Lipinski definition) is 1. The van der Waals surface area contributed by atoms with Crippen LogP contribution in [0.4, 0.5) is 10.1 Å². The lowest BCUT2D eigenvalue weighted by molar-refractivity contribution is 0.627. The maximum Gasteiger partial charge on any atom is 0.124 e. The first-order valence-corrected chi connectivity index (χ1v) is 8.23. The van der Waals surface area contributed by atoms with Crippen LogP contribution >= 0.6 is 38.5 Å². The molecule has 0 bridgehead atoms. The van der Waals surface area contributed by atoms with E-state index in [1.165, 1.54) is 12.1 Å². The van der Waals surface area contributed by atoms with Gasteiger partial charge in [0.1, 0.15) is 5.82 Å². The first-order valence-electron chi connectivity index (χ1n) is 6.36. The smallest absolute Gasteiger partial charge is 0.124 e. The van der Waals surface area contributed by atoms with Crippen LogP contribution in [0.15, 0.2) is 53.1 Å². The summed E-state index contributed by atoms with van der Waals surface area (Å²) in [5.41, 5.74) is 2.99. The Morgan fingerprint density at radius 1 is 1.19 bits per heavy atom. The van der Waals surface area contributed by atoms with Crippen LogP contribution in [-0.2, 0) is 6.54 Å². The molecule has 5 heteroatoms. The SMILES string of the molecule is Fc1ccc(NCc2ccc(Br)c3cccnc23)c(I)c1. The fourth-order valence-electron chi connectivity index (χ4n) is 2.16. The average molecular weight is 457 g/mol. The molecule has 0 saturated carbocycles. The van der Waals surface area contributed by atoms with Crippen LogP contribution in [0.25, 0.3) is 10.9 Å². The highest BCUT2D eigenvalue weighted by atomic mass is 127. The fraction of sp³-hybridized carbons (Fsp3) is 0.0625. The van der Waals surface area contributed by atoms with E-state index in [-0.39, 0.29) is 5.82 Å². The molecule has 0 fully saturated rings. The number of rotatable bonds is 3. The number of anilines is 1. The van der Waals surface area contributed by atoms with Crippen molar-refractivity contribution in [2.24, 2.45) is 0 Å². The first kappa shape index (κ1) is 14.7. The van der Waals surface area contributed by atoms with Crippen molar-refractivity contribution in [1.29, 1.82) is 0 Å². The Kier molecular flexibility index (Phi) is 4.40. The van der Waals surface area contributed by atoms with Crippen molar-refractivity contribution in [2.75, 3.05) is 5.32 Å². The molecule has 1 heterocycles. The fourth-order valence-corrected chi connectivity index (χ4v) is 3.28. The van der Waals surface area contributed by atoms with Crippen molar-refractivity contribution < 1.29 is 4.39 Å². The second-order valence-corrected chi connectivity index (χ2v) is 6.60. The molecule has 0 atom stereocenters. The van der Waals surface area contributed by atoms with E-state index < -0.39 is 0 Å². The largest absolute Gasteiger partial charge is 0.380 e. The van der Waals surface area contributed by atoms with Crippen molar-refractivity contribution in [1.82, 2.24) is 4.98 Å². The molecular formula is C16H11BrFIN2. The summed E-state index contributed by atoms with van der Waals surface area (Å²) >= 11 is 5.67. The van der Waals surface area contributed by atoms with Crippen LogP contribution in [-0.4, -0.2) is 4.98 Å². The van der Waals surface area contributed by atoms with Gasteiger partial charge in [-0.25, -0.2) is 4.39 Å². The number of nitrogens with one attached hydrogen (secondary N) is 1. The summed E-state index contributed by atoms with van der Waals surface area (Å²) < 4.78 is 15.0. The van der Waals surface area contributed by atoms with Crippen LogP contribution in [0, 0.1) is 9.39 Å². The molecule has 0 aliphatic rings. The van der Waals surface area contributed by atoms with E-state index in [1.54, 1.807) is 12.3 Å². The van der Waals surface area contributed by atoms with E-state index in [2.05, 4.69) is 48.8 Å². The summed E-state index contributed by atoms with van der Waals surface area (Å²) in [6.45, 7) is 0.641. The third-order valence-electron chi connectivity index (χ3n) is 3.20. The van der Waals surface area contributed by atoms with Gasteiger partial charge in [-0.05, 0) is 58.5 Å². The summed E-state index contributed by atoms with van der Waals surface area (Å²) in [5.74, 6) is -0.222. The number of benzene rings is 2. The minimum absolute atomic E-state index is 0.222. The van der Waals surface area contributed by atoms with Gasteiger partial charge >= 0.3 is 0 Å². The summed E-state index contributed by atoms with van der Waals surface area (Å²) in [6, 6.07) is 12.8. The summed E-state index contributed by atoms with van der Waals surface area (Å²) in [6.07, 6.45) is 1.79. The Balaban J connectivity index is 1.90. The van der Waals surface area contributed by atoms with Crippen molar-refractivity contribution >= 4 is 55.1 Å². The molecule has 106 valence electrons. The number of aromatic nitrogens is 1. The van der Waals surface area contributed by atoms with Gasteiger partial charge in [0.05, 0.1) is 5.52 Å². The zero-order chi connectivity index (χ0) is 14.8. The second-order valence-electron chi connectivity index (χ2n) is 4.58. The standard InChI is InChI=1S/C16H11BrFIN2/c17-13-5-3-10(16-12(13)2-1-7-20-16)9-21-15-6-4-11(18)8-14(15)19/h1-8,21H,9H2. The molecule has 2 aromatic carbocycles. The van der Waals surface area contributed by atoms with Crippen LogP contribution in [0.3, 0.4) is 0 Å². The van der Waals surface area contributed by atoms with Crippen LogP contribution in [0.1, 0.15) is 5.56 Å². The molecule has 2 nitrogen and oxygen atoms in total. The Morgan fingerprint density at radius 2 is 2.05 bits per heavy atom. The minimum atomic E-state index is -0.222. The lowest BCUT2D eigenvalue weighted by atomic mass is 10.1. The molecule has 0 spiro atoms. The maximum absolute atomic E-state index is 13.1. The lowest BCUT2D eigenvalue weighted by Gasteiger charge is -2.11. The van der Waals surface area contributed by atoms with Crippen molar-refractivity contribution in [3.8, 4) is 0 Å². The number of nitrogens with zero attached hydrogens (tertiary/aromatic N) is 1. The Morgan fingerprint density at radius 3 is 2.86 bits per heavy atom. The summed E-state index contributed by atoms with van der Waals surface area (Å²) in [7, 11) is 0. The van der Waals surface area contributed by atoms with Gasteiger partial charge in [-0.2, -0.15) is 0 Å². The van der Waals surface area contributed by atoms with Crippen LogP contribution in [0.2, 0.25) is 0 Å². The summed E-state index contributed by atoms with van der Waals surface area (Å²) in [4.78, 5) is 4.46. The van der Waals surface area contributed by atoms with Gasteiger partial charge in [0.15, 0.2) is 0 Å². The summed E-state index contributed by atoms with van der Waals surface area (Å²) in [5, 5.41) is 4.43. The minimum Gasteiger partial charge on any atom is -0.380 e. The van der Waals surface area contributed by atoms with Gasteiger partial charge in [-0.15, -0.1) is 0 Å². The van der Waals surface area contributed by atoms with Gasteiger partial charge in [-0.3, -0.25) is 4.98 Å². The topological polar surface area (TPSA) is 24.9 Å². The van der Waals surface area contributed by atoms with Gasteiger partial charge in [0.2, 0.25) is 0 Å². The molecule has 0 amide bonds. The average Bonchev–Trinajstić information content (AvgIpc) is 2.48. The molecule has 0 aliphatic carbocycles. The van der Waals surface area contributed by atoms with E-state index in [9.17, 15) is 4.39 Å². The van der Waals surface area contributed by atoms with Gasteiger partial charge in [0, 0.05) is 31.9 Å². The Labute approximate surface area is 144 Å². The molecule has 1 N–H and O–H groups in total. The molecule has 21 heavy (non-hydrogen) atoms. The molecule has 0 unspecified atom stereocenters. The molecule has 0 radical (unpaired) electrons. The molecule has 3 rings (SSSR count). The maximum atomic E-state index is 13.1. The van der Waals surface area contributed by atoms with Gasteiger partial charge in [-0.1, -0.05) is 28.1 Å². The van der Waals surface area contributed by atoms with E-state index in [1.807, 2.05) is 24.3 Å². The van der Waals surface area contributed by atoms with Crippen LogP contribution in [0.5, 0.6) is 0 Å². The molecule has 0 saturated heterocycles. The predicted octanol–water partition coefficient (Wildman–Crippen LogP) is 5.35. The Hall–Kier alpha value is -1.21. The number of fused-ring (bicyclic) bond motifs is 1. The highest BCUT2D eigenvalue weighted by Crippen LogP contribution is 2.26. The van der Waals surface area contributed by atoms with Crippen LogP contribution < -0.4 is 5.32 Å². The Bertz CT molecular complexity index is 807. The predicted molar refractivity (Wildman–Crippen MR) is 95.9 cm³/mol. The number of halogens is 3. The molecule has 3 aromatic rings. The van der Waals surface area contributed by atoms with E-state index in [4.69, 9.17) is 0 Å². The second kappa shape index (κ2) is 6.27. The van der Waals surface area contributed by atoms with Gasteiger partial charge in [0.25, 0.3) is 0 Å². The first-order chi connectivity index (χ1) is 10.1. The molecular weight excluding hydrogens is 446 g/mol. The zero-order valence-corrected chi connectivity index (χ0v) is 14.7. The highest BCUT2D eigenvalue weighted by Gasteiger charge is 2.06. The number of pyridine rings is 1. The third-order valence-corrected chi connectivity index (χ3v) is 4.78. The zero-order valence-electron chi connectivity index (χ0n) is 10.9. The van der Waals surface area contributed by atoms with Crippen molar-refractivity contribution in [3.05, 3.63) is 68.1 Å². The quantitative estimate of drug-likeness (QED) is 0.537. The number of hydrogen-bond acceptors (Lipinski definition) is 2. The third kappa shape index (κ3) is 3.18. The van der Waals surface area contributed by atoms with E-state index in [0.29, 0.717) is 6.54 Å². The lowest BCUT2D eigenvalue weighted by Crippen LogP contribution is -2.02. The highest BCUT2D eigenvalue weighted by molar-refractivity contribution is 14.1. The van der Waals surface area contributed by atoms with E-state index >= 15 is 0 Å². The van der Waals surface area contributed by atoms with Gasteiger partial charge < -0.3 is 5.32 Å². The van der Waals surface area contributed by atoms with E-state index in [0.717, 1.165) is 30.2 Å². The molecule has 1 aromatic heterocycles. The monoisotopic (exact) mass is 456 g/mol. The van der Waals surface area contributed by atoms with Crippen molar-refractivity contribution in [2.45, 2.75) is 6.54 Å².